The van der Waals surface area contributed by atoms with E-state index in [0.29, 0.717) is 23.6 Å². The molecule has 0 radical (unpaired) electrons. The van der Waals surface area contributed by atoms with E-state index >= 15 is 0 Å². The summed E-state index contributed by atoms with van der Waals surface area (Å²) in [6, 6.07) is 9.60. The van der Waals surface area contributed by atoms with Gasteiger partial charge < -0.3 is 4.90 Å². The van der Waals surface area contributed by atoms with Crippen molar-refractivity contribution >= 4 is 46.5 Å². The third kappa shape index (κ3) is 3.26. The van der Waals surface area contributed by atoms with Gasteiger partial charge >= 0.3 is 6.03 Å². The first-order valence-electron chi connectivity index (χ1n) is 10.8. The molecule has 33 heavy (non-hydrogen) atoms. The van der Waals surface area contributed by atoms with Gasteiger partial charge in [0.2, 0.25) is 5.91 Å². The Morgan fingerprint density at radius 2 is 1.91 bits per heavy atom. The number of imide groups is 2. The highest BCUT2D eigenvalue weighted by atomic mass is 35.5. The Bertz CT molecular complexity index is 1200. The molecule has 2 aromatic carbocycles. The number of carbonyl (C=O) groups excluding carboxylic acids is 3. The first kappa shape index (κ1) is 21.4. The number of fused-ring (bicyclic) bond motifs is 4. The zero-order chi connectivity index (χ0) is 23.3. The highest BCUT2D eigenvalue weighted by Gasteiger charge is 2.62. The molecule has 10 heteroatoms. The van der Waals surface area contributed by atoms with Crippen LogP contribution in [0.2, 0.25) is 5.02 Å². The average molecular weight is 469 g/mol. The summed E-state index contributed by atoms with van der Waals surface area (Å²) in [6.07, 6.45) is 3.21. The van der Waals surface area contributed by atoms with Crippen molar-refractivity contribution in [2.75, 3.05) is 16.3 Å². The van der Waals surface area contributed by atoms with Crippen molar-refractivity contribution in [3.8, 4) is 0 Å². The molecule has 2 aromatic rings. The lowest BCUT2D eigenvalue weighted by Crippen LogP contribution is -2.72. The van der Waals surface area contributed by atoms with E-state index in [0.717, 1.165) is 29.8 Å². The Morgan fingerprint density at radius 1 is 1.09 bits per heavy atom. The van der Waals surface area contributed by atoms with E-state index in [1.807, 2.05) is 4.90 Å². The molecule has 2 fully saturated rings. The molecule has 5 rings (SSSR count). The third-order valence-corrected chi connectivity index (χ3v) is 7.09. The number of urea groups is 1. The van der Waals surface area contributed by atoms with Crippen molar-refractivity contribution in [1.82, 2.24) is 5.32 Å². The predicted octanol–water partition coefficient (Wildman–Crippen LogP) is 3.82. The third-order valence-electron chi connectivity index (χ3n) is 6.85. The molecule has 1 spiro atoms. The van der Waals surface area contributed by atoms with Crippen LogP contribution in [0.25, 0.3) is 0 Å². The fourth-order valence-corrected chi connectivity index (χ4v) is 5.57. The van der Waals surface area contributed by atoms with Gasteiger partial charge in [0, 0.05) is 35.8 Å². The standard InChI is InChI=1S/C23H21ClN4O5/c24-15-5-4-6-16(12-15)27-21(30)23(20(29)25-22(27)31)13-14-11-17(28(32)33)8-9-18(14)26-10-3-1-2-7-19(23)26/h4-6,8-9,11-12,19H,1-3,7,10,13H2,(H,25,29,31)/t19-,23-/m1/s1. The van der Waals surface area contributed by atoms with Gasteiger partial charge in [0.25, 0.3) is 11.6 Å². The van der Waals surface area contributed by atoms with Crippen LogP contribution in [-0.4, -0.2) is 35.4 Å². The summed E-state index contributed by atoms with van der Waals surface area (Å²) in [5, 5.41) is 14.1. The Kier molecular flexibility index (Phi) is 5.08. The number of barbiturate groups is 1. The second-order valence-electron chi connectivity index (χ2n) is 8.66. The fraction of sp³-hybridized carbons (Fsp3) is 0.348. The summed E-state index contributed by atoms with van der Waals surface area (Å²) in [4.78, 5) is 54.3. The fourth-order valence-electron chi connectivity index (χ4n) is 5.39. The monoisotopic (exact) mass is 468 g/mol. The lowest BCUT2D eigenvalue weighted by atomic mass is 9.67. The summed E-state index contributed by atoms with van der Waals surface area (Å²) in [5.74, 6) is -1.29. The molecular formula is C23H21ClN4O5. The Hall–Kier alpha value is -3.46. The minimum absolute atomic E-state index is 0.0276. The highest BCUT2D eigenvalue weighted by Crippen LogP contribution is 2.48. The van der Waals surface area contributed by atoms with Crippen molar-refractivity contribution < 1.29 is 19.3 Å². The molecule has 0 saturated carbocycles. The van der Waals surface area contributed by atoms with Crippen LogP contribution in [0.4, 0.5) is 21.9 Å². The molecule has 4 amide bonds. The minimum atomic E-state index is -1.59. The number of halogens is 1. The van der Waals surface area contributed by atoms with E-state index in [9.17, 15) is 24.5 Å². The van der Waals surface area contributed by atoms with Crippen LogP contribution in [0.15, 0.2) is 42.5 Å². The van der Waals surface area contributed by atoms with Crippen molar-refractivity contribution in [2.45, 2.75) is 38.1 Å². The van der Waals surface area contributed by atoms with Gasteiger partial charge in [-0.1, -0.05) is 30.5 Å². The summed E-state index contributed by atoms with van der Waals surface area (Å²) in [7, 11) is 0. The van der Waals surface area contributed by atoms with Gasteiger partial charge in [0.05, 0.1) is 16.7 Å². The number of hydrogen-bond donors (Lipinski definition) is 1. The van der Waals surface area contributed by atoms with Crippen molar-refractivity contribution in [2.24, 2.45) is 5.41 Å². The SMILES string of the molecule is O=C1NC(=O)[C@]2(Cc3cc([N+](=O)[O-])ccc3N3CCCCC[C@@H]32)C(=O)N1c1cccc(Cl)c1. The average Bonchev–Trinajstić information content (AvgIpc) is 3.04. The molecule has 0 bridgehead atoms. The molecule has 2 saturated heterocycles. The Morgan fingerprint density at radius 3 is 2.67 bits per heavy atom. The second-order valence-corrected chi connectivity index (χ2v) is 9.09. The van der Waals surface area contributed by atoms with Crippen LogP contribution >= 0.6 is 11.6 Å². The summed E-state index contributed by atoms with van der Waals surface area (Å²) in [5.41, 5.74) is -0.0929. The topological polar surface area (TPSA) is 113 Å². The normalized spacial score (nSPS) is 24.8. The zero-order valence-corrected chi connectivity index (χ0v) is 18.4. The maximum absolute atomic E-state index is 14.1. The number of nitro groups is 1. The largest absolute Gasteiger partial charge is 0.367 e. The smallest absolute Gasteiger partial charge is 0.335 e. The molecule has 0 aromatic heterocycles. The molecule has 3 aliphatic heterocycles. The number of nitrogens with zero attached hydrogens (tertiary/aromatic N) is 3. The van der Waals surface area contributed by atoms with Gasteiger partial charge in [-0.2, -0.15) is 0 Å². The lowest BCUT2D eigenvalue weighted by molar-refractivity contribution is -0.384. The molecule has 0 aliphatic carbocycles. The quantitative estimate of drug-likeness (QED) is 0.407. The number of anilines is 2. The van der Waals surface area contributed by atoms with E-state index < -0.39 is 34.2 Å². The molecule has 170 valence electrons. The van der Waals surface area contributed by atoms with E-state index in [2.05, 4.69) is 5.32 Å². The molecule has 3 aliphatic rings. The van der Waals surface area contributed by atoms with E-state index in [-0.39, 0.29) is 17.8 Å². The summed E-state index contributed by atoms with van der Waals surface area (Å²) < 4.78 is 0. The van der Waals surface area contributed by atoms with Gasteiger partial charge in [-0.05, 0) is 42.7 Å². The second kappa shape index (κ2) is 7.84. The van der Waals surface area contributed by atoms with Crippen LogP contribution in [0.5, 0.6) is 0 Å². The van der Waals surface area contributed by atoms with E-state index in [1.165, 1.54) is 18.2 Å². The van der Waals surface area contributed by atoms with Gasteiger partial charge in [0.15, 0.2) is 5.41 Å². The number of non-ortho nitro benzene ring substituents is 1. The number of nitrogens with one attached hydrogen (secondary N) is 1. The highest BCUT2D eigenvalue weighted by molar-refractivity contribution is 6.33. The molecule has 3 heterocycles. The Labute approximate surface area is 194 Å². The van der Waals surface area contributed by atoms with E-state index in [1.54, 1.807) is 24.3 Å². The first-order valence-corrected chi connectivity index (χ1v) is 11.2. The Balaban J connectivity index is 1.69. The van der Waals surface area contributed by atoms with E-state index in [4.69, 9.17) is 11.6 Å². The first-order chi connectivity index (χ1) is 15.8. The van der Waals surface area contributed by atoms with Crippen LogP contribution < -0.4 is 15.1 Å². The number of nitro benzene ring substituents is 1. The van der Waals surface area contributed by atoms with Crippen LogP contribution in [-0.2, 0) is 16.0 Å². The van der Waals surface area contributed by atoms with Gasteiger partial charge in [0.1, 0.15) is 0 Å². The maximum atomic E-state index is 14.1. The number of hydrogen-bond acceptors (Lipinski definition) is 6. The van der Waals surface area contributed by atoms with Crippen LogP contribution in [0, 0.1) is 15.5 Å². The zero-order valence-electron chi connectivity index (χ0n) is 17.6. The summed E-state index contributed by atoms with van der Waals surface area (Å²) in [6.45, 7) is 0.614. The van der Waals surface area contributed by atoms with Crippen molar-refractivity contribution in [3.05, 3.63) is 63.2 Å². The van der Waals surface area contributed by atoms with Crippen molar-refractivity contribution in [3.63, 3.8) is 0 Å². The summed E-state index contributed by atoms with van der Waals surface area (Å²) >= 11 is 6.10. The maximum Gasteiger partial charge on any atom is 0.335 e. The minimum Gasteiger partial charge on any atom is -0.367 e. The molecule has 1 N–H and O–H groups in total. The number of carbonyl (C=O) groups is 3. The van der Waals surface area contributed by atoms with Crippen LogP contribution in [0.3, 0.4) is 0 Å². The lowest BCUT2D eigenvalue weighted by Gasteiger charge is -2.51. The van der Waals surface area contributed by atoms with Gasteiger partial charge in [-0.3, -0.25) is 25.0 Å². The molecular weight excluding hydrogens is 448 g/mol. The predicted molar refractivity (Wildman–Crippen MR) is 121 cm³/mol. The number of rotatable bonds is 2. The van der Waals surface area contributed by atoms with Crippen molar-refractivity contribution in [1.29, 1.82) is 0 Å². The molecule has 0 unspecified atom stereocenters. The van der Waals surface area contributed by atoms with Gasteiger partial charge in [-0.15, -0.1) is 0 Å². The van der Waals surface area contributed by atoms with Crippen LogP contribution in [0.1, 0.15) is 31.2 Å². The molecule has 2 atom stereocenters. The van der Waals surface area contributed by atoms with Gasteiger partial charge in [-0.25, -0.2) is 9.69 Å². The molecule has 9 nitrogen and oxygen atoms in total. The number of benzene rings is 2. The number of amides is 4.